The molecule has 0 saturated carbocycles. The maximum absolute atomic E-state index is 12.8. The molecular formula is C21H20ClN3O4S. The molecule has 3 aromatic rings. The highest BCUT2D eigenvalue weighted by molar-refractivity contribution is 7.99. The molecule has 156 valence electrons. The lowest BCUT2D eigenvalue weighted by Crippen LogP contribution is -2.26. The van der Waals surface area contributed by atoms with E-state index in [0.717, 1.165) is 12.0 Å². The van der Waals surface area contributed by atoms with E-state index in [1.807, 2.05) is 25.1 Å². The average molecular weight is 446 g/mol. The molecule has 1 aliphatic rings. The average Bonchev–Trinajstić information content (AvgIpc) is 3.20. The second kappa shape index (κ2) is 8.97. The summed E-state index contributed by atoms with van der Waals surface area (Å²) in [4.78, 5) is 29.8. The fourth-order valence-corrected chi connectivity index (χ4v) is 4.16. The van der Waals surface area contributed by atoms with Crippen LogP contribution in [-0.2, 0) is 17.9 Å². The fourth-order valence-electron chi connectivity index (χ4n) is 3.14. The second-order valence-corrected chi connectivity index (χ2v) is 8.14. The number of aromatic nitrogens is 2. The van der Waals surface area contributed by atoms with Crippen LogP contribution in [0.4, 0.5) is 0 Å². The number of hydrogen-bond acceptors (Lipinski definition) is 6. The van der Waals surface area contributed by atoms with Gasteiger partial charge in [0.15, 0.2) is 16.7 Å². The lowest BCUT2D eigenvalue weighted by atomic mass is 10.2. The van der Waals surface area contributed by atoms with E-state index in [2.05, 4.69) is 10.3 Å². The molecule has 4 rings (SSSR count). The van der Waals surface area contributed by atoms with Crippen molar-refractivity contribution in [3.05, 3.63) is 57.3 Å². The highest BCUT2D eigenvalue weighted by Gasteiger charge is 2.15. The molecule has 7 nitrogen and oxygen atoms in total. The largest absolute Gasteiger partial charge is 0.454 e. The maximum atomic E-state index is 12.8. The molecule has 0 unspecified atom stereocenters. The molecule has 1 amide bonds. The molecule has 0 radical (unpaired) electrons. The number of amides is 1. The Kier molecular flexibility index (Phi) is 6.15. The standard InChI is InChI=1S/C21H20ClN3O4S/c1-2-7-25-20(27)15-5-4-14(22)9-16(15)24-21(25)30-11-19(26)23-10-13-3-6-17-18(8-13)29-12-28-17/h3-6,8-9H,2,7,10-12H2,1H3,(H,23,26). The van der Waals surface area contributed by atoms with Crippen molar-refractivity contribution in [3.63, 3.8) is 0 Å². The molecule has 2 aromatic carbocycles. The van der Waals surface area contributed by atoms with Crippen molar-refractivity contribution in [2.45, 2.75) is 31.6 Å². The van der Waals surface area contributed by atoms with Crippen molar-refractivity contribution in [2.24, 2.45) is 0 Å². The first kappa shape index (κ1) is 20.6. The summed E-state index contributed by atoms with van der Waals surface area (Å²) in [5, 5.41) is 4.42. The summed E-state index contributed by atoms with van der Waals surface area (Å²) >= 11 is 7.29. The third kappa shape index (κ3) is 4.39. The summed E-state index contributed by atoms with van der Waals surface area (Å²) in [5.41, 5.74) is 1.32. The minimum atomic E-state index is -0.152. The molecule has 30 heavy (non-hydrogen) atoms. The first-order valence-corrected chi connectivity index (χ1v) is 10.9. The zero-order valence-electron chi connectivity index (χ0n) is 16.3. The first-order chi connectivity index (χ1) is 14.5. The van der Waals surface area contributed by atoms with Crippen molar-refractivity contribution in [2.75, 3.05) is 12.5 Å². The number of nitrogens with one attached hydrogen (secondary N) is 1. The number of halogens is 1. The monoisotopic (exact) mass is 445 g/mol. The van der Waals surface area contributed by atoms with Gasteiger partial charge >= 0.3 is 0 Å². The minimum Gasteiger partial charge on any atom is -0.454 e. The molecule has 0 aliphatic carbocycles. The number of thioether (sulfide) groups is 1. The van der Waals surface area contributed by atoms with Gasteiger partial charge in [0.25, 0.3) is 5.56 Å². The molecule has 0 saturated heterocycles. The molecular weight excluding hydrogens is 426 g/mol. The van der Waals surface area contributed by atoms with Gasteiger partial charge in [-0.1, -0.05) is 36.4 Å². The van der Waals surface area contributed by atoms with Crippen LogP contribution in [0.15, 0.2) is 46.3 Å². The Bertz CT molecular complexity index is 1160. The molecule has 0 bridgehead atoms. The Balaban J connectivity index is 1.45. The van der Waals surface area contributed by atoms with Crippen LogP contribution in [0.1, 0.15) is 18.9 Å². The summed E-state index contributed by atoms with van der Waals surface area (Å²) in [6.45, 7) is 3.11. The van der Waals surface area contributed by atoms with Crippen LogP contribution in [-0.4, -0.2) is 28.0 Å². The van der Waals surface area contributed by atoms with E-state index in [0.29, 0.717) is 45.7 Å². The van der Waals surface area contributed by atoms with Crippen LogP contribution >= 0.6 is 23.4 Å². The topological polar surface area (TPSA) is 82.5 Å². The number of carbonyl (C=O) groups excluding carboxylic acids is 1. The van der Waals surface area contributed by atoms with Gasteiger partial charge in [-0.3, -0.25) is 14.2 Å². The van der Waals surface area contributed by atoms with Gasteiger partial charge in [0.2, 0.25) is 12.7 Å². The van der Waals surface area contributed by atoms with Crippen molar-refractivity contribution >= 4 is 40.2 Å². The number of hydrogen-bond donors (Lipinski definition) is 1. The van der Waals surface area contributed by atoms with E-state index in [9.17, 15) is 9.59 Å². The summed E-state index contributed by atoms with van der Waals surface area (Å²) in [6, 6.07) is 10.6. The number of ether oxygens (including phenoxy) is 2. The zero-order valence-corrected chi connectivity index (χ0v) is 17.9. The quantitative estimate of drug-likeness (QED) is 0.442. The Labute approximate surface area is 182 Å². The Morgan fingerprint density at radius 1 is 1.23 bits per heavy atom. The maximum Gasteiger partial charge on any atom is 0.262 e. The van der Waals surface area contributed by atoms with Crippen LogP contribution in [0.2, 0.25) is 5.02 Å². The molecule has 9 heteroatoms. The number of nitrogens with zero attached hydrogens (tertiary/aromatic N) is 2. The van der Waals surface area contributed by atoms with Gasteiger partial charge in [-0.25, -0.2) is 4.98 Å². The van der Waals surface area contributed by atoms with Crippen LogP contribution in [0, 0.1) is 0 Å². The summed E-state index contributed by atoms with van der Waals surface area (Å²) in [7, 11) is 0. The van der Waals surface area contributed by atoms with Crippen LogP contribution in [0.5, 0.6) is 11.5 Å². The minimum absolute atomic E-state index is 0.123. The van der Waals surface area contributed by atoms with Crippen molar-refractivity contribution in [3.8, 4) is 11.5 Å². The Morgan fingerprint density at radius 2 is 2.07 bits per heavy atom. The van der Waals surface area contributed by atoms with E-state index in [1.165, 1.54) is 11.8 Å². The highest BCUT2D eigenvalue weighted by Crippen LogP contribution is 2.32. The fraction of sp³-hybridized carbons (Fsp3) is 0.286. The third-order valence-electron chi connectivity index (χ3n) is 4.59. The van der Waals surface area contributed by atoms with E-state index in [-0.39, 0.29) is 24.0 Å². The summed E-state index contributed by atoms with van der Waals surface area (Å²) in [6.07, 6.45) is 0.782. The van der Waals surface area contributed by atoms with Gasteiger partial charge < -0.3 is 14.8 Å². The Morgan fingerprint density at radius 3 is 2.90 bits per heavy atom. The van der Waals surface area contributed by atoms with Crippen molar-refractivity contribution in [1.82, 2.24) is 14.9 Å². The van der Waals surface area contributed by atoms with Crippen LogP contribution < -0.4 is 20.3 Å². The summed E-state index contributed by atoms with van der Waals surface area (Å²) in [5.74, 6) is 1.38. The van der Waals surface area contributed by atoms with Gasteiger partial charge in [0.1, 0.15) is 0 Å². The van der Waals surface area contributed by atoms with Crippen LogP contribution in [0.3, 0.4) is 0 Å². The zero-order chi connectivity index (χ0) is 21.1. The second-order valence-electron chi connectivity index (χ2n) is 6.77. The molecule has 1 aromatic heterocycles. The lowest BCUT2D eigenvalue weighted by molar-refractivity contribution is -0.118. The highest BCUT2D eigenvalue weighted by atomic mass is 35.5. The van der Waals surface area contributed by atoms with Crippen molar-refractivity contribution < 1.29 is 14.3 Å². The predicted octanol–water partition coefficient (Wildman–Crippen LogP) is 3.60. The molecule has 0 fully saturated rings. The third-order valence-corrected chi connectivity index (χ3v) is 5.80. The lowest BCUT2D eigenvalue weighted by Gasteiger charge is -2.12. The smallest absolute Gasteiger partial charge is 0.262 e. The number of carbonyl (C=O) groups is 1. The number of rotatable bonds is 7. The molecule has 2 heterocycles. The number of fused-ring (bicyclic) bond motifs is 2. The van der Waals surface area contributed by atoms with E-state index in [1.54, 1.807) is 22.8 Å². The first-order valence-electron chi connectivity index (χ1n) is 9.53. The van der Waals surface area contributed by atoms with Crippen molar-refractivity contribution in [1.29, 1.82) is 0 Å². The normalized spacial score (nSPS) is 12.3. The summed E-state index contributed by atoms with van der Waals surface area (Å²) < 4.78 is 12.3. The molecule has 1 N–H and O–H groups in total. The molecule has 1 aliphatic heterocycles. The van der Waals surface area contributed by atoms with E-state index >= 15 is 0 Å². The molecule has 0 atom stereocenters. The van der Waals surface area contributed by atoms with Gasteiger partial charge in [-0.15, -0.1) is 0 Å². The van der Waals surface area contributed by atoms with E-state index < -0.39 is 0 Å². The van der Waals surface area contributed by atoms with Gasteiger partial charge in [-0.2, -0.15) is 0 Å². The van der Waals surface area contributed by atoms with Gasteiger partial charge in [-0.05, 0) is 42.3 Å². The van der Waals surface area contributed by atoms with Gasteiger partial charge in [0.05, 0.1) is 16.7 Å². The molecule has 0 spiro atoms. The predicted molar refractivity (Wildman–Crippen MR) is 116 cm³/mol. The van der Waals surface area contributed by atoms with Gasteiger partial charge in [0, 0.05) is 18.1 Å². The number of benzene rings is 2. The van der Waals surface area contributed by atoms with E-state index in [4.69, 9.17) is 21.1 Å². The Hall–Kier alpha value is -2.71. The SMILES string of the molecule is CCCn1c(SCC(=O)NCc2ccc3c(c2)OCO3)nc2cc(Cl)ccc2c1=O. The van der Waals surface area contributed by atoms with Crippen LogP contribution in [0.25, 0.3) is 10.9 Å².